The summed E-state index contributed by atoms with van der Waals surface area (Å²) < 4.78 is 13.4. The largest absolute Gasteiger partial charge is 0.330 e. The molecule has 0 unspecified atom stereocenters. The molecule has 2 aliphatic heterocycles. The Hall–Kier alpha value is -3.42. The van der Waals surface area contributed by atoms with E-state index in [4.69, 9.17) is 0 Å². The maximum Gasteiger partial charge on any atom is 0.321 e. The molecule has 2 heterocycles. The van der Waals surface area contributed by atoms with E-state index in [0.717, 1.165) is 11.3 Å². The molecule has 4 rings (SSSR count). The highest BCUT2D eigenvalue weighted by Gasteiger charge is 2.38. The van der Waals surface area contributed by atoms with Crippen LogP contribution in [0.25, 0.3) is 0 Å². The minimum absolute atomic E-state index is 0.0646. The lowest BCUT2D eigenvalue weighted by atomic mass is 10.0. The van der Waals surface area contributed by atoms with E-state index < -0.39 is 11.8 Å². The molecule has 168 valence electrons. The maximum atomic E-state index is 13.4. The summed E-state index contributed by atoms with van der Waals surface area (Å²) in [5, 5.41) is 2.94. The summed E-state index contributed by atoms with van der Waals surface area (Å²) in [6.45, 7) is 4.06. The topological polar surface area (TPSA) is 73.0 Å². The number of aryl methyl sites for hydroxylation is 1. The van der Waals surface area contributed by atoms with Crippen LogP contribution < -0.4 is 5.32 Å². The number of urea groups is 1. The van der Waals surface area contributed by atoms with E-state index in [1.165, 1.54) is 17.0 Å². The molecule has 7 nitrogen and oxygen atoms in total. The summed E-state index contributed by atoms with van der Waals surface area (Å²) >= 11 is 0. The highest BCUT2D eigenvalue weighted by Crippen LogP contribution is 2.22. The maximum absolute atomic E-state index is 13.4. The Morgan fingerprint density at radius 3 is 2.47 bits per heavy atom. The molecule has 2 aromatic rings. The Bertz CT molecular complexity index is 1020. The molecule has 0 spiro atoms. The summed E-state index contributed by atoms with van der Waals surface area (Å²) in [6, 6.07) is 13.5. The first-order valence-electron chi connectivity index (χ1n) is 10.9. The number of rotatable bonds is 4. The van der Waals surface area contributed by atoms with Crippen LogP contribution >= 0.6 is 0 Å². The van der Waals surface area contributed by atoms with Crippen molar-refractivity contribution in [2.24, 2.45) is 0 Å². The van der Waals surface area contributed by atoms with Gasteiger partial charge < -0.3 is 20.0 Å². The lowest BCUT2D eigenvalue weighted by Crippen LogP contribution is -2.59. The Kier molecular flexibility index (Phi) is 6.39. The average Bonchev–Trinajstić information content (AvgIpc) is 2.79. The van der Waals surface area contributed by atoms with Gasteiger partial charge in [-0.1, -0.05) is 30.3 Å². The normalized spacial score (nSPS) is 17.6. The number of halogens is 1. The van der Waals surface area contributed by atoms with Crippen molar-refractivity contribution in [3.05, 3.63) is 65.5 Å². The van der Waals surface area contributed by atoms with Crippen molar-refractivity contribution in [1.82, 2.24) is 14.7 Å². The molecule has 0 atom stereocenters. The zero-order chi connectivity index (χ0) is 22.7. The quantitative estimate of drug-likeness (QED) is 0.746. The molecular weight excluding hydrogens is 411 g/mol. The smallest absolute Gasteiger partial charge is 0.321 e. The summed E-state index contributed by atoms with van der Waals surface area (Å²) in [4.78, 5) is 42.9. The van der Waals surface area contributed by atoms with Crippen LogP contribution in [0.4, 0.5) is 14.9 Å². The molecule has 1 N–H and O–H groups in total. The number of carbonyl (C=O) groups is 3. The van der Waals surface area contributed by atoms with Gasteiger partial charge in [0.2, 0.25) is 0 Å². The lowest BCUT2D eigenvalue weighted by Gasteiger charge is -2.42. The van der Waals surface area contributed by atoms with Gasteiger partial charge in [0, 0.05) is 44.5 Å². The van der Waals surface area contributed by atoms with E-state index in [2.05, 4.69) is 5.32 Å². The van der Waals surface area contributed by atoms with Crippen molar-refractivity contribution in [2.45, 2.75) is 32.4 Å². The first-order chi connectivity index (χ1) is 15.4. The number of piperazine rings is 1. The Labute approximate surface area is 186 Å². The molecule has 0 aromatic heterocycles. The molecule has 8 heteroatoms. The van der Waals surface area contributed by atoms with Crippen molar-refractivity contribution in [3.8, 4) is 0 Å². The fraction of sp³-hybridized carbons (Fsp3) is 0.375. The minimum atomic E-state index is -0.555. The number of likely N-dealkylation sites (tertiary alicyclic amines) is 1. The minimum Gasteiger partial charge on any atom is -0.330 e. The number of anilines is 1. The third kappa shape index (κ3) is 4.74. The van der Waals surface area contributed by atoms with Crippen LogP contribution in [-0.4, -0.2) is 64.8 Å². The van der Waals surface area contributed by atoms with Crippen LogP contribution in [0.3, 0.4) is 0 Å². The zero-order valence-electron chi connectivity index (χ0n) is 18.1. The van der Waals surface area contributed by atoms with E-state index >= 15 is 0 Å². The van der Waals surface area contributed by atoms with Crippen LogP contribution in [0.15, 0.2) is 48.5 Å². The molecule has 4 amide bonds. The van der Waals surface area contributed by atoms with Crippen LogP contribution in [0.1, 0.15) is 24.0 Å². The second-order valence-corrected chi connectivity index (χ2v) is 8.32. The number of para-hydroxylation sites is 1. The zero-order valence-corrected chi connectivity index (χ0v) is 18.1. The van der Waals surface area contributed by atoms with E-state index in [-0.39, 0.29) is 24.4 Å². The molecule has 0 radical (unpaired) electrons. The molecule has 2 aliphatic rings. The number of amides is 4. The van der Waals surface area contributed by atoms with Gasteiger partial charge in [-0.15, -0.1) is 0 Å². The van der Waals surface area contributed by atoms with Gasteiger partial charge >= 0.3 is 17.8 Å². The number of carbonyl (C=O) groups excluding carboxylic acids is 3. The Morgan fingerprint density at radius 2 is 1.75 bits per heavy atom. The highest BCUT2D eigenvalue weighted by molar-refractivity contribution is 6.35. The van der Waals surface area contributed by atoms with Gasteiger partial charge in [0.15, 0.2) is 0 Å². The predicted octanol–water partition coefficient (Wildman–Crippen LogP) is 3.00. The number of hydrogen-bond donors (Lipinski definition) is 1. The third-order valence-electron chi connectivity index (χ3n) is 6.18. The van der Waals surface area contributed by atoms with Gasteiger partial charge in [0.05, 0.1) is 0 Å². The lowest BCUT2D eigenvalue weighted by molar-refractivity contribution is -0.158. The van der Waals surface area contributed by atoms with Crippen LogP contribution in [0.2, 0.25) is 0 Å². The van der Waals surface area contributed by atoms with E-state index in [0.29, 0.717) is 44.6 Å². The van der Waals surface area contributed by atoms with Crippen molar-refractivity contribution in [3.63, 3.8) is 0 Å². The fourth-order valence-electron chi connectivity index (χ4n) is 4.33. The van der Waals surface area contributed by atoms with Crippen LogP contribution in [0.5, 0.6) is 0 Å². The van der Waals surface area contributed by atoms with E-state index in [1.54, 1.807) is 21.9 Å². The second kappa shape index (κ2) is 9.38. The Balaban J connectivity index is 1.30. The summed E-state index contributed by atoms with van der Waals surface area (Å²) in [5.74, 6) is -1.44. The van der Waals surface area contributed by atoms with E-state index in [9.17, 15) is 18.8 Å². The number of benzene rings is 2. The standard InChI is InChI=1S/C24H27FN4O3/c1-17-5-2-3-8-21(17)26-24(32)27-11-9-20(10-12-27)29-14-13-28(22(30)23(29)31)16-18-6-4-7-19(25)15-18/h2-8,15,20H,9-14,16H2,1H3,(H,26,32). The molecule has 0 aliphatic carbocycles. The van der Waals surface area contributed by atoms with Crippen molar-refractivity contribution >= 4 is 23.5 Å². The summed E-state index contributed by atoms with van der Waals surface area (Å²) in [6.07, 6.45) is 1.26. The molecule has 32 heavy (non-hydrogen) atoms. The van der Waals surface area contributed by atoms with E-state index in [1.807, 2.05) is 31.2 Å². The fourth-order valence-corrected chi connectivity index (χ4v) is 4.33. The predicted molar refractivity (Wildman–Crippen MR) is 118 cm³/mol. The monoisotopic (exact) mass is 438 g/mol. The first kappa shape index (κ1) is 21.8. The Morgan fingerprint density at radius 1 is 1.00 bits per heavy atom. The van der Waals surface area contributed by atoms with Crippen LogP contribution in [-0.2, 0) is 16.1 Å². The number of nitrogens with zero attached hydrogens (tertiary/aromatic N) is 3. The van der Waals surface area contributed by atoms with Crippen molar-refractivity contribution in [2.75, 3.05) is 31.5 Å². The van der Waals surface area contributed by atoms with Crippen molar-refractivity contribution in [1.29, 1.82) is 0 Å². The molecule has 2 fully saturated rings. The average molecular weight is 439 g/mol. The molecule has 2 aromatic carbocycles. The van der Waals surface area contributed by atoms with Gasteiger partial charge in [-0.05, 0) is 49.1 Å². The SMILES string of the molecule is Cc1ccccc1NC(=O)N1CCC(N2CCN(Cc3cccc(F)c3)C(=O)C2=O)CC1. The van der Waals surface area contributed by atoms with Gasteiger partial charge in [0.1, 0.15) is 5.82 Å². The number of piperidine rings is 1. The number of nitrogens with one attached hydrogen (secondary N) is 1. The second-order valence-electron chi connectivity index (χ2n) is 8.32. The summed E-state index contributed by atoms with van der Waals surface area (Å²) in [7, 11) is 0. The first-order valence-corrected chi connectivity index (χ1v) is 10.9. The third-order valence-corrected chi connectivity index (χ3v) is 6.18. The number of hydrogen-bond acceptors (Lipinski definition) is 3. The molecule has 0 bridgehead atoms. The molecular formula is C24H27FN4O3. The van der Waals surface area contributed by atoms with Gasteiger partial charge in [-0.25, -0.2) is 9.18 Å². The van der Waals surface area contributed by atoms with Gasteiger partial charge in [-0.3, -0.25) is 9.59 Å². The molecule has 2 saturated heterocycles. The highest BCUT2D eigenvalue weighted by atomic mass is 19.1. The summed E-state index contributed by atoms with van der Waals surface area (Å²) in [5.41, 5.74) is 2.44. The van der Waals surface area contributed by atoms with Crippen molar-refractivity contribution < 1.29 is 18.8 Å². The van der Waals surface area contributed by atoms with Gasteiger partial charge in [-0.2, -0.15) is 0 Å². The van der Waals surface area contributed by atoms with Gasteiger partial charge in [0.25, 0.3) is 0 Å². The van der Waals surface area contributed by atoms with Crippen LogP contribution in [0, 0.1) is 12.7 Å². The molecule has 0 saturated carbocycles.